The fourth-order valence-corrected chi connectivity index (χ4v) is 4.13. The molecule has 1 aromatic carbocycles. The van der Waals surface area contributed by atoms with Gasteiger partial charge in [-0.05, 0) is 51.3 Å². The van der Waals surface area contributed by atoms with E-state index < -0.39 is 0 Å². The number of rotatable bonds is 4. The van der Waals surface area contributed by atoms with Gasteiger partial charge in [-0.15, -0.1) is 11.3 Å². The van der Waals surface area contributed by atoms with Crippen LogP contribution in [0.3, 0.4) is 0 Å². The molecule has 3 rings (SSSR count). The van der Waals surface area contributed by atoms with Crippen LogP contribution in [0.25, 0.3) is 10.2 Å². The van der Waals surface area contributed by atoms with Gasteiger partial charge in [-0.25, -0.2) is 4.98 Å². The highest BCUT2D eigenvalue weighted by atomic mass is 32.1. The van der Waals surface area contributed by atoms with E-state index in [2.05, 4.69) is 47.3 Å². The van der Waals surface area contributed by atoms with Crippen LogP contribution >= 0.6 is 11.3 Å². The van der Waals surface area contributed by atoms with Gasteiger partial charge in [0.2, 0.25) is 0 Å². The van der Waals surface area contributed by atoms with Crippen LogP contribution in [0, 0.1) is 20.8 Å². The molecule has 0 saturated carbocycles. The van der Waals surface area contributed by atoms with E-state index in [1.807, 2.05) is 26.8 Å². The van der Waals surface area contributed by atoms with Crippen LogP contribution in [0.1, 0.15) is 53.3 Å². The monoisotopic (exact) mass is 341 g/mol. The van der Waals surface area contributed by atoms with Gasteiger partial charge in [-0.3, -0.25) is 4.79 Å². The summed E-state index contributed by atoms with van der Waals surface area (Å²) in [5.41, 5.74) is 3.50. The van der Waals surface area contributed by atoms with Crippen molar-refractivity contribution in [3.63, 3.8) is 0 Å². The first-order valence-electron chi connectivity index (χ1n) is 8.20. The van der Waals surface area contributed by atoms with E-state index in [1.54, 1.807) is 11.3 Å². The second-order valence-electron chi connectivity index (χ2n) is 6.38. The molecule has 0 bridgehead atoms. The molecule has 2 N–H and O–H groups in total. The Morgan fingerprint density at radius 1 is 1.12 bits per heavy atom. The topological polar surface area (TPSA) is 57.8 Å². The molecule has 2 aromatic heterocycles. The predicted molar refractivity (Wildman–Crippen MR) is 101 cm³/mol. The Morgan fingerprint density at radius 2 is 1.83 bits per heavy atom. The second-order valence-corrected chi connectivity index (χ2v) is 7.58. The van der Waals surface area contributed by atoms with Crippen LogP contribution in [0.4, 0.5) is 0 Å². The van der Waals surface area contributed by atoms with Crippen molar-refractivity contribution in [3.05, 3.63) is 62.0 Å². The molecule has 24 heavy (non-hydrogen) atoms. The van der Waals surface area contributed by atoms with Crippen LogP contribution in [0.5, 0.6) is 0 Å². The summed E-state index contributed by atoms with van der Waals surface area (Å²) in [6.07, 6.45) is 0. The summed E-state index contributed by atoms with van der Waals surface area (Å²) < 4.78 is 0. The van der Waals surface area contributed by atoms with E-state index in [9.17, 15) is 4.79 Å². The zero-order valence-electron chi connectivity index (χ0n) is 14.7. The molecular formula is C19H23N3OS. The van der Waals surface area contributed by atoms with Crippen molar-refractivity contribution in [2.24, 2.45) is 0 Å². The quantitative estimate of drug-likeness (QED) is 0.743. The average molecular weight is 341 g/mol. The van der Waals surface area contributed by atoms with E-state index in [0.29, 0.717) is 5.82 Å². The molecule has 0 radical (unpaired) electrons. The zero-order valence-corrected chi connectivity index (χ0v) is 15.5. The van der Waals surface area contributed by atoms with Crippen LogP contribution in [-0.4, -0.2) is 9.97 Å². The number of nitrogens with one attached hydrogen (secondary N) is 2. The number of H-pyrrole nitrogens is 1. The van der Waals surface area contributed by atoms with Crippen molar-refractivity contribution in [2.45, 2.75) is 46.7 Å². The van der Waals surface area contributed by atoms with Crippen LogP contribution in [0.15, 0.2) is 29.1 Å². The van der Waals surface area contributed by atoms with Gasteiger partial charge in [0, 0.05) is 10.9 Å². The molecule has 2 atom stereocenters. The number of aromatic amines is 1. The molecule has 3 aromatic rings. The lowest BCUT2D eigenvalue weighted by molar-refractivity contribution is 0.475. The van der Waals surface area contributed by atoms with Gasteiger partial charge < -0.3 is 10.3 Å². The minimum absolute atomic E-state index is 0.0422. The van der Waals surface area contributed by atoms with Crippen molar-refractivity contribution in [1.29, 1.82) is 0 Å². The minimum atomic E-state index is -0.0472. The third-order valence-corrected chi connectivity index (χ3v) is 5.72. The fourth-order valence-electron chi connectivity index (χ4n) is 3.09. The molecule has 4 nitrogen and oxygen atoms in total. The largest absolute Gasteiger partial charge is 0.309 e. The summed E-state index contributed by atoms with van der Waals surface area (Å²) in [7, 11) is 0. The Morgan fingerprint density at radius 3 is 2.54 bits per heavy atom. The highest BCUT2D eigenvalue weighted by Gasteiger charge is 2.17. The standard InChI is InChI=1S/C19H23N3OS/c1-10-8-6-7-9-15(10)12(3)20-13(4)17-21-18(23)16-11(2)14(5)24-19(16)22-17/h6-9,12-13,20H,1-5H3,(H,21,22,23)/t12-,13-/m1/s1. The molecule has 0 aliphatic heterocycles. The molecule has 0 saturated heterocycles. The lowest BCUT2D eigenvalue weighted by atomic mass is 10.0. The van der Waals surface area contributed by atoms with Gasteiger partial charge in [0.15, 0.2) is 0 Å². The maximum Gasteiger partial charge on any atom is 0.259 e. The smallest absolute Gasteiger partial charge is 0.259 e. The number of fused-ring (bicyclic) bond motifs is 1. The SMILES string of the molecule is Cc1ccccc1[C@@H](C)N[C@H](C)c1nc2sc(C)c(C)c2c(=O)[nH]1. The van der Waals surface area contributed by atoms with E-state index >= 15 is 0 Å². The maximum atomic E-state index is 12.4. The number of hydrogen-bond acceptors (Lipinski definition) is 4. The van der Waals surface area contributed by atoms with Gasteiger partial charge in [0.25, 0.3) is 5.56 Å². The molecule has 0 aliphatic carbocycles. The fraction of sp³-hybridized carbons (Fsp3) is 0.368. The molecule has 5 heteroatoms. The van der Waals surface area contributed by atoms with Gasteiger partial charge >= 0.3 is 0 Å². The molecule has 2 heterocycles. The molecular weight excluding hydrogens is 318 g/mol. The molecule has 126 valence electrons. The molecule has 0 amide bonds. The van der Waals surface area contributed by atoms with Crippen molar-refractivity contribution in [2.75, 3.05) is 0 Å². The van der Waals surface area contributed by atoms with E-state index in [1.165, 1.54) is 11.1 Å². The summed E-state index contributed by atoms with van der Waals surface area (Å²) in [6, 6.07) is 8.47. The summed E-state index contributed by atoms with van der Waals surface area (Å²) in [4.78, 5) is 22.0. The first-order valence-corrected chi connectivity index (χ1v) is 9.01. The Bertz CT molecular complexity index is 941. The number of aryl methyl sites for hydroxylation is 3. The highest BCUT2D eigenvalue weighted by molar-refractivity contribution is 7.18. The van der Waals surface area contributed by atoms with Crippen LogP contribution < -0.4 is 10.9 Å². The average Bonchev–Trinajstić information content (AvgIpc) is 2.82. The summed E-state index contributed by atoms with van der Waals surface area (Å²) >= 11 is 1.58. The third-order valence-electron chi connectivity index (χ3n) is 4.62. The third kappa shape index (κ3) is 3.01. The molecule has 0 spiro atoms. The Kier molecular flexibility index (Phi) is 4.56. The lowest BCUT2D eigenvalue weighted by Crippen LogP contribution is -2.26. The second kappa shape index (κ2) is 6.49. The first-order chi connectivity index (χ1) is 11.4. The Balaban J connectivity index is 1.90. The number of benzene rings is 1. The molecule has 0 aliphatic rings. The number of aromatic nitrogens is 2. The minimum Gasteiger partial charge on any atom is -0.309 e. The van der Waals surface area contributed by atoms with Crippen LogP contribution in [0.2, 0.25) is 0 Å². The Hall–Kier alpha value is -1.98. The first kappa shape index (κ1) is 16.9. The van der Waals surface area contributed by atoms with Gasteiger partial charge in [-0.2, -0.15) is 0 Å². The Labute approximate surface area is 146 Å². The molecule has 0 unspecified atom stereocenters. The summed E-state index contributed by atoms with van der Waals surface area (Å²) in [6.45, 7) is 10.3. The van der Waals surface area contributed by atoms with Gasteiger partial charge in [0.05, 0.1) is 11.4 Å². The van der Waals surface area contributed by atoms with E-state index in [4.69, 9.17) is 0 Å². The zero-order chi connectivity index (χ0) is 17.4. The number of hydrogen-bond donors (Lipinski definition) is 2. The number of nitrogens with zero attached hydrogens (tertiary/aromatic N) is 1. The predicted octanol–water partition coefficient (Wildman–Crippen LogP) is 4.32. The van der Waals surface area contributed by atoms with Crippen LogP contribution in [-0.2, 0) is 0 Å². The highest BCUT2D eigenvalue weighted by Crippen LogP contribution is 2.27. The number of thiophene rings is 1. The van der Waals surface area contributed by atoms with Crippen molar-refractivity contribution in [3.8, 4) is 0 Å². The lowest BCUT2D eigenvalue weighted by Gasteiger charge is -2.21. The summed E-state index contributed by atoms with van der Waals surface area (Å²) in [5.74, 6) is 0.689. The maximum absolute atomic E-state index is 12.4. The van der Waals surface area contributed by atoms with Crippen molar-refractivity contribution in [1.82, 2.24) is 15.3 Å². The van der Waals surface area contributed by atoms with Gasteiger partial charge in [-0.1, -0.05) is 24.3 Å². The van der Waals surface area contributed by atoms with Gasteiger partial charge in [0.1, 0.15) is 10.7 Å². The molecule has 0 fully saturated rings. The summed E-state index contributed by atoms with van der Waals surface area (Å²) in [5, 5.41) is 4.26. The van der Waals surface area contributed by atoms with Crippen molar-refractivity contribution >= 4 is 21.6 Å². The van der Waals surface area contributed by atoms with E-state index in [0.717, 1.165) is 20.7 Å². The van der Waals surface area contributed by atoms with Crippen molar-refractivity contribution < 1.29 is 0 Å². The van der Waals surface area contributed by atoms with E-state index in [-0.39, 0.29) is 17.6 Å². The normalized spacial score (nSPS) is 14.0.